The van der Waals surface area contributed by atoms with Crippen molar-refractivity contribution in [2.24, 2.45) is 5.92 Å². The van der Waals surface area contributed by atoms with E-state index in [1.54, 1.807) is 19.2 Å². The van der Waals surface area contributed by atoms with Gasteiger partial charge in [0.25, 0.3) is 0 Å². The third-order valence-corrected chi connectivity index (χ3v) is 8.31. The van der Waals surface area contributed by atoms with Crippen LogP contribution in [0.25, 0.3) is 22.2 Å². The molecule has 0 radical (unpaired) electrons. The highest BCUT2D eigenvalue weighted by Crippen LogP contribution is 2.41. The van der Waals surface area contributed by atoms with E-state index < -0.39 is 19.9 Å². The summed E-state index contributed by atoms with van der Waals surface area (Å²) in [6, 6.07) is 5.86. The van der Waals surface area contributed by atoms with E-state index in [0.717, 1.165) is 18.9 Å². The molecule has 200 valence electrons. The lowest BCUT2D eigenvalue weighted by atomic mass is 10.0. The Balaban J connectivity index is 1.86. The van der Waals surface area contributed by atoms with Gasteiger partial charge in [-0.1, -0.05) is 19.6 Å². The van der Waals surface area contributed by atoms with Gasteiger partial charge in [0.1, 0.15) is 23.6 Å². The van der Waals surface area contributed by atoms with E-state index in [1.807, 2.05) is 17.6 Å². The Morgan fingerprint density at radius 1 is 1.19 bits per heavy atom. The normalized spacial score (nSPS) is 13.7. The highest BCUT2D eigenvalue weighted by atomic mass is 28.3. The van der Waals surface area contributed by atoms with Crippen LogP contribution in [0.3, 0.4) is 0 Å². The first-order valence-corrected chi connectivity index (χ1v) is 16.6. The second kappa shape index (κ2) is 11.2. The predicted octanol–water partition coefficient (Wildman–Crippen LogP) is 6.44. The Bertz CT molecular complexity index is 1280. The lowest BCUT2D eigenvalue weighted by Gasteiger charge is -2.18. The van der Waals surface area contributed by atoms with E-state index in [1.165, 1.54) is 13.2 Å². The molecule has 0 spiro atoms. The molecule has 1 fully saturated rings. The Kier molecular flexibility index (Phi) is 8.23. The maximum absolute atomic E-state index is 15.0. The van der Waals surface area contributed by atoms with E-state index in [-0.39, 0.29) is 19.1 Å². The number of hydrogen-bond acceptors (Lipinski definition) is 6. The number of pyridine rings is 1. The number of benzene rings is 1. The van der Waals surface area contributed by atoms with Crippen molar-refractivity contribution in [2.75, 3.05) is 26.9 Å². The Morgan fingerprint density at radius 2 is 1.95 bits per heavy atom. The van der Waals surface area contributed by atoms with E-state index in [4.69, 9.17) is 18.9 Å². The summed E-state index contributed by atoms with van der Waals surface area (Å²) in [5.74, 6) is 0.228. The van der Waals surface area contributed by atoms with Crippen molar-refractivity contribution < 1.29 is 28.1 Å². The fourth-order valence-corrected chi connectivity index (χ4v) is 5.01. The average Bonchev–Trinajstić information content (AvgIpc) is 3.63. The number of esters is 1. The third kappa shape index (κ3) is 6.15. The van der Waals surface area contributed by atoms with Crippen molar-refractivity contribution in [3.05, 3.63) is 41.5 Å². The van der Waals surface area contributed by atoms with Crippen LogP contribution in [0.15, 0.2) is 24.4 Å². The number of aromatic nitrogens is 2. The molecular weight excluding hydrogens is 491 g/mol. The second-order valence-corrected chi connectivity index (χ2v) is 16.4. The molecule has 0 amide bonds. The minimum absolute atomic E-state index is 0.119. The molecule has 3 aromatic rings. The lowest BCUT2D eigenvalue weighted by Crippen LogP contribution is -2.22. The van der Waals surface area contributed by atoms with E-state index in [9.17, 15) is 4.79 Å². The highest BCUT2D eigenvalue weighted by molar-refractivity contribution is 6.76. The summed E-state index contributed by atoms with van der Waals surface area (Å²) in [5, 5.41) is 0. The maximum atomic E-state index is 15.0. The van der Waals surface area contributed by atoms with Gasteiger partial charge in [-0.15, -0.1) is 0 Å². The van der Waals surface area contributed by atoms with Gasteiger partial charge < -0.3 is 23.5 Å². The molecule has 1 aromatic carbocycles. The SMILES string of the molecule is CCOC(=O)c1c(C)n(COCC[Si](C)(C)C)c2c(-c3cc(F)c(OC)cc3OCC3CC3)ccnc12. The van der Waals surface area contributed by atoms with Crippen molar-refractivity contribution in [3.8, 4) is 22.6 Å². The lowest BCUT2D eigenvalue weighted by molar-refractivity contribution is 0.0525. The number of nitrogens with zero attached hydrogens (tertiary/aromatic N) is 2. The number of ether oxygens (including phenoxy) is 4. The van der Waals surface area contributed by atoms with Crippen LogP contribution in [0.5, 0.6) is 11.5 Å². The summed E-state index contributed by atoms with van der Waals surface area (Å²) in [5.41, 5.74) is 3.52. The van der Waals surface area contributed by atoms with Gasteiger partial charge in [-0.3, -0.25) is 4.98 Å². The van der Waals surface area contributed by atoms with Gasteiger partial charge in [0.15, 0.2) is 11.6 Å². The summed E-state index contributed by atoms with van der Waals surface area (Å²) in [6.07, 6.45) is 3.89. The first-order valence-electron chi connectivity index (χ1n) is 12.9. The molecule has 1 aliphatic carbocycles. The van der Waals surface area contributed by atoms with Gasteiger partial charge >= 0.3 is 5.97 Å². The molecule has 2 aromatic heterocycles. The van der Waals surface area contributed by atoms with Crippen LogP contribution in [0.1, 0.15) is 35.8 Å². The summed E-state index contributed by atoms with van der Waals surface area (Å²) in [7, 11) is 0.159. The third-order valence-electron chi connectivity index (χ3n) is 6.61. The summed E-state index contributed by atoms with van der Waals surface area (Å²) in [6.45, 7) is 12.2. The Hall–Kier alpha value is -2.91. The number of rotatable bonds is 12. The van der Waals surface area contributed by atoms with Crippen LogP contribution in [0.2, 0.25) is 25.7 Å². The van der Waals surface area contributed by atoms with E-state index in [2.05, 4.69) is 24.6 Å². The fourth-order valence-electron chi connectivity index (χ4n) is 4.26. The molecule has 1 aliphatic rings. The number of fused-ring (bicyclic) bond motifs is 1. The molecule has 1 saturated carbocycles. The standard InChI is InChI=1S/C28H37FN2O5Si/c1-7-35-28(32)25-18(2)31(17-34-12-13-37(4,5)6)27-20(10-11-30-26(25)27)21-14-22(29)24(33-3)15-23(21)36-16-19-8-9-19/h10-11,14-15,19H,7-9,12-13,16-17H2,1-6H3. The zero-order valence-electron chi connectivity index (χ0n) is 22.7. The Morgan fingerprint density at radius 3 is 2.59 bits per heavy atom. The molecule has 0 aliphatic heterocycles. The van der Waals surface area contributed by atoms with E-state index in [0.29, 0.717) is 58.3 Å². The molecule has 0 unspecified atom stereocenters. The molecule has 0 bridgehead atoms. The summed E-state index contributed by atoms with van der Waals surface area (Å²) < 4.78 is 39.8. The van der Waals surface area contributed by atoms with Crippen LogP contribution in [-0.4, -0.2) is 50.5 Å². The molecule has 9 heteroatoms. The van der Waals surface area contributed by atoms with Crippen LogP contribution in [0.4, 0.5) is 4.39 Å². The van der Waals surface area contributed by atoms with Crippen molar-refractivity contribution in [2.45, 2.75) is 59.1 Å². The molecule has 2 heterocycles. The molecule has 0 N–H and O–H groups in total. The van der Waals surface area contributed by atoms with Crippen molar-refractivity contribution in [1.82, 2.24) is 9.55 Å². The van der Waals surface area contributed by atoms with Crippen LogP contribution >= 0.6 is 0 Å². The number of methoxy groups -OCH3 is 1. The number of carbonyl (C=O) groups is 1. The minimum atomic E-state index is -1.28. The van der Waals surface area contributed by atoms with Gasteiger partial charge in [0.2, 0.25) is 0 Å². The van der Waals surface area contributed by atoms with Crippen LogP contribution in [0, 0.1) is 18.7 Å². The minimum Gasteiger partial charge on any atom is -0.494 e. The molecule has 0 saturated heterocycles. The predicted molar refractivity (Wildman–Crippen MR) is 145 cm³/mol. The smallest absolute Gasteiger partial charge is 0.342 e. The second-order valence-electron chi connectivity index (χ2n) is 10.7. The molecular formula is C28H37FN2O5Si. The molecule has 0 atom stereocenters. The van der Waals surface area contributed by atoms with Gasteiger partial charge in [0.05, 0.1) is 25.8 Å². The van der Waals surface area contributed by atoms with Crippen molar-refractivity contribution in [1.29, 1.82) is 0 Å². The van der Waals surface area contributed by atoms with Gasteiger partial charge in [0, 0.05) is 43.8 Å². The van der Waals surface area contributed by atoms with Gasteiger partial charge in [-0.05, 0) is 50.8 Å². The molecule has 37 heavy (non-hydrogen) atoms. The topological polar surface area (TPSA) is 71.8 Å². The summed E-state index contributed by atoms with van der Waals surface area (Å²) in [4.78, 5) is 17.5. The quantitative estimate of drug-likeness (QED) is 0.153. The van der Waals surface area contributed by atoms with Crippen LogP contribution < -0.4 is 9.47 Å². The highest BCUT2D eigenvalue weighted by Gasteiger charge is 2.27. The van der Waals surface area contributed by atoms with Gasteiger partial charge in [-0.2, -0.15) is 0 Å². The average molecular weight is 529 g/mol. The number of carbonyl (C=O) groups excluding carboxylic acids is 1. The molecule has 7 nitrogen and oxygen atoms in total. The van der Waals surface area contributed by atoms with Gasteiger partial charge in [-0.25, -0.2) is 9.18 Å². The number of hydrogen-bond donors (Lipinski definition) is 0. The summed E-state index contributed by atoms with van der Waals surface area (Å²) >= 11 is 0. The number of halogens is 1. The van der Waals surface area contributed by atoms with Crippen molar-refractivity contribution >= 4 is 25.1 Å². The Labute approximate surface area is 218 Å². The monoisotopic (exact) mass is 528 g/mol. The van der Waals surface area contributed by atoms with Crippen LogP contribution in [-0.2, 0) is 16.2 Å². The zero-order chi connectivity index (χ0) is 26.7. The first-order chi connectivity index (χ1) is 17.6. The van der Waals surface area contributed by atoms with E-state index >= 15 is 4.39 Å². The largest absolute Gasteiger partial charge is 0.494 e. The zero-order valence-corrected chi connectivity index (χ0v) is 23.7. The molecule has 4 rings (SSSR count). The first kappa shape index (κ1) is 27.1. The fraction of sp³-hybridized carbons (Fsp3) is 0.500. The maximum Gasteiger partial charge on any atom is 0.342 e. The van der Waals surface area contributed by atoms with Crippen molar-refractivity contribution in [3.63, 3.8) is 0 Å².